The van der Waals surface area contributed by atoms with Crippen molar-refractivity contribution in [1.82, 2.24) is 15.1 Å². The topological polar surface area (TPSA) is 51.4 Å². The molecule has 0 unspecified atom stereocenters. The Hall–Kier alpha value is -2.66. The Morgan fingerprint density at radius 3 is 2.64 bits per heavy atom. The minimum atomic E-state index is 0.387. The van der Waals surface area contributed by atoms with Gasteiger partial charge in [0.1, 0.15) is 5.75 Å². The number of benzene rings is 2. The van der Waals surface area contributed by atoms with Gasteiger partial charge >= 0.3 is 0 Å². The van der Waals surface area contributed by atoms with E-state index in [1.54, 1.807) is 7.11 Å². The van der Waals surface area contributed by atoms with Crippen LogP contribution in [0, 0.1) is 0 Å². The van der Waals surface area contributed by atoms with Crippen molar-refractivity contribution in [3.05, 3.63) is 66.1 Å². The molecule has 128 valence electrons. The summed E-state index contributed by atoms with van der Waals surface area (Å²) in [5, 5.41) is 8.42. The molecule has 2 heterocycles. The standard InChI is InChI=1S/C20H21N3O2/c1-24-17-11-9-15(10-12-17)18-8-5-13-23(18)14-19-21-22-20(25-19)16-6-3-2-4-7-16/h2-4,6-7,9-12,18H,5,8,13-14H2,1H3/t18-/m0/s1. The third-order valence-corrected chi connectivity index (χ3v) is 4.69. The molecule has 0 amide bonds. The van der Waals surface area contributed by atoms with E-state index in [4.69, 9.17) is 9.15 Å². The highest BCUT2D eigenvalue weighted by Crippen LogP contribution is 2.34. The van der Waals surface area contributed by atoms with Crippen LogP contribution in [0.1, 0.15) is 30.3 Å². The van der Waals surface area contributed by atoms with Gasteiger partial charge in [-0.3, -0.25) is 4.90 Å². The highest BCUT2D eigenvalue weighted by atomic mass is 16.5. The molecule has 3 aromatic rings. The molecule has 5 nitrogen and oxygen atoms in total. The van der Waals surface area contributed by atoms with E-state index in [0.29, 0.717) is 24.4 Å². The van der Waals surface area contributed by atoms with Gasteiger partial charge in [-0.15, -0.1) is 10.2 Å². The van der Waals surface area contributed by atoms with Crippen molar-refractivity contribution in [2.75, 3.05) is 13.7 Å². The van der Waals surface area contributed by atoms with Gasteiger partial charge in [-0.25, -0.2) is 0 Å². The highest BCUT2D eigenvalue weighted by molar-refractivity contribution is 5.51. The summed E-state index contributed by atoms with van der Waals surface area (Å²) in [5.74, 6) is 2.13. The molecule has 1 aromatic heterocycles. The fourth-order valence-electron chi connectivity index (χ4n) is 3.41. The van der Waals surface area contributed by atoms with Crippen LogP contribution >= 0.6 is 0 Å². The Balaban J connectivity index is 1.49. The van der Waals surface area contributed by atoms with Gasteiger partial charge in [-0.2, -0.15) is 0 Å². The van der Waals surface area contributed by atoms with Crippen LogP contribution in [0.2, 0.25) is 0 Å². The van der Waals surface area contributed by atoms with E-state index in [1.807, 2.05) is 42.5 Å². The lowest BCUT2D eigenvalue weighted by Gasteiger charge is -2.23. The number of ether oxygens (including phenoxy) is 1. The Morgan fingerprint density at radius 2 is 1.88 bits per heavy atom. The zero-order valence-electron chi connectivity index (χ0n) is 14.3. The van der Waals surface area contributed by atoms with E-state index in [0.717, 1.165) is 24.3 Å². The molecule has 2 aromatic carbocycles. The molecule has 0 saturated carbocycles. The van der Waals surface area contributed by atoms with Gasteiger partial charge < -0.3 is 9.15 Å². The first-order valence-corrected chi connectivity index (χ1v) is 8.59. The molecule has 1 saturated heterocycles. The van der Waals surface area contributed by atoms with Crippen LogP contribution in [0.15, 0.2) is 59.0 Å². The number of methoxy groups -OCH3 is 1. The van der Waals surface area contributed by atoms with Crippen LogP contribution in [0.3, 0.4) is 0 Å². The maximum atomic E-state index is 5.87. The van der Waals surface area contributed by atoms with E-state index < -0.39 is 0 Å². The van der Waals surface area contributed by atoms with E-state index >= 15 is 0 Å². The maximum absolute atomic E-state index is 5.87. The van der Waals surface area contributed by atoms with Crippen LogP contribution in [-0.2, 0) is 6.54 Å². The van der Waals surface area contributed by atoms with Crippen molar-refractivity contribution in [3.63, 3.8) is 0 Å². The summed E-state index contributed by atoms with van der Waals surface area (Å²) in [5.41, 5.74) is 2.26. The van der Waals surface area contributed by atoms with Crippen LogP contribution in [0.5, 0.6) is 5.75 Å². The normalized spacial score (nSPS) is 17.7. The SMILES string of the molecule is COc1ccc([C@@H]2CCCN2Cc2nnc(-c3ccccc3)o2)cc1. The van der Waals surface area contributed by atoms with Gasteiger partial charge in [0.15, 0.2) is 0 Å². The summed E-state index contributed by atoms with van der Waals surface area (Å²) in [4.78, 5) is 2.41. The summed E-state index contributed by atoms with van der Waals surface area (Å²) >= 11 is 0. The number of hydrogen-bond acceptors (Lipinski definition) is 5. The van der Waals surface area contributed by atoms with Crippen molar-refractivity contribution in [1.29, 1.82) is 0 Å². The molecule has 0 N–H and O–H groups in total. The Labute approximate surface area is 147 Å². The lowest BCUT2D eigenvalue weighted by Crippen LogP contribution is -2.22. The first kappa shape index (κ1) is 15.8. The highest BCUT2D eigenvalue weighted by Gasteiger charge is 2.27. The van der Waals surface area contributed by atoms with Crippen molar-refractivity contribution in [2.24, 2.45) is 0 Å². The molecular formula is C20H21N3O2. The molecular weight excluding hydrogens is 314 g/mol. The number of hydrogen-bond donors (Lipinski definition) is 0. The maximum Gasteiger partial charge on any atom is 0.247 e. The monoisotopic (exact) mass is 335 g/mol. The Morgan fingerprint density at radius 1 is 1.08 bits per heavy atom. The number of likely N-dealkylation sites (tertiary alicyclic amines) is 1. The molecule has 1 aliphatic heterocycles. The van der Waals surface area contributed by atoms with E-state index in [-0.39, 0.29) is 0 Å². The molecule has 5 heteroatoms. The third kappa shape index (κ3) is 3.42. The van der Waals surface area contributed by atoms with Crippen LogP contribution in [-0.4, -0.2) is 28.8 Å². The summed E-state index contributed by atoms with van der Waals surface area (Å²) in [7, 11) is 1.69. The molecule has 0 aliphatic carbocycles. The molecule has 1 aliphatic rings. The number of aromatic nitrogens is 2. The number of nitrogens with zero attached hydrogens (tertiary/aromatic N) is 3. The lowest BCUT2D eigenvalue weighted by atomic mass is 10.0. The van der Waals surface area contributed by atoms with Crippen LogP contribution in [0.25, 0.3) is 11.5 Å². The molecule has 1 atom stereocenters. The van der Waals surface area contributed by atoms with Gasteiger partial charge in [0.2, 0.25) is 11.8 Å². The summed E-state index contributed by atoms with van der Waals surface area (Å²) < 4.78 is 11.1. The fourth-order valence-corrected chi connectivity index (χ4v) is 3.41. The van der Waals surface area contributed by atoms with Crippen LogP contribution in [0.4, 0.5) is 0 Å². The average molecular weight is 335 g/mol. The van der Waals surface area contributed by atoms with Crippen molar-refractivity contribution in [3.8, 4) is 17.2 Å². The molecule has 0 spiro atoms. The summed E-state index contributed by atoms with van der Waals surface area (Å²) in [6.07, 6.45) is 2.32. The average Bonchev–Trinajstić information content (AvgIpc) is 3.33. The zero-order valence-corrected chi connectivity index (χ0v) is 14.3. The minimum absolute atomic E-state index is 0.387. The first-order chi connectivity index (χ1) is 12.3. The smallest absolute Gasteiger partial charge is 0.247 e. The second kappa shape index (κ2) is 7.07. The van der Waals surface area contributed by atoms with E-state index in [2.05, 4.69) is 27.2 Å². The predicted octanol–water partition coefficient (Wildman–Crippen LogP) is 4.08. The van der Waals surface area contributed by atoms with Crippen molar-refractivity contribution < 1.29 is 9.15 Å². The molecule has 0 radical (unpaired) electrons. The van der Waals surface area contributed by atoms with E-state index in [9.17, 15) is 0 Å². The van der Waals surface area contributed by atoms with Gasteiger partial charge in [0.25, 0.3) is 0 Å². The predicted molar refractivity (Wildman–Crippen MR) is 95.1 cm³/mol. The van der Waals surface area contributed by atoms with Crippen molar-refractivity contribution in [2.45, 2.75) is 25.4 Å². The quantitative estimate of drug-likeness (QED) is 0.703. The van der Waals surface area contributed by atoms with Gasteiger partial charge in [-0.1, -0.05) is 30.3 Å². The second-order valence-corrected chi connectivity index (χ2v) is 6.27. The molecule has 25 heavy (non-hydrogen) atoms. The van der Waals surface area contributed by atoms with Crippen molar-refractivity contribution >= 4 is 0 Å². The Kier molecular flexibility index (Phi) is 4.48. The lowest BCUT2D eigenvalue weighted by molar-refractivity contribution is 0.224. The Bertz CT molecular complexity index is 814. The van der Waals surface area contributed by atoms with Gasteiger partial charge in [0, 0.05) is 11.6 Å². The molecule has 4 rings (SSSR count). The third-order valence-electron chi connectivity index (χ3n) is 4.69. The minimum Gasteiger partial charge on any atom is -0.497 e. The first-order valence-electron chi connectivity index (χ1n) is 8.59. The zero-order chi connectivity index (χ0) is 17.1. The largest absolute Gasteiger partial charge is 0.497 e. The molecule has 0 bridgehead atoms. The van der Waals surface area contributed by atoms with Crippen LogP contribution < -0.4 is 4.74 Å². The van der Waals surface area contributed by atoms with E-state index in [1.165, 1.54) is 12.0 Å². The van der Waals surface area contributed by atoms with Gasteiger partial charge in [0.05, 0.1) is 13.7 Å². The summed E-state index contributed by atoms with van der Waals surface area (Å²) in [6.45, 7) is 1.72. The summed E-state index contributed by atoms with van der Waals surface area (Å²) in [6, 6.07) is 18.6. The fraction of sp³-hybridized carbons (Fsp3) is 0.300. The number of rotatable bonds is 5. The molecule has 1 fully saturated rings. The second-order valence-electron chi connectivity index (χ2n) is 6.27. The van der Waals surface area contributed by atoms with Gasteiger partial charge in [-0.05, 0) is 49.2 Å².